The summed E-state index contributed by atoms with van der Waals surface area (Å²) in [5.74, 6) is 2.16. The quantitative estimate of drug-likeness (QED) is 0.723. The largest absolute Gasteiger partial charge is 0.287 e. The highest BCUT2D eigenvalue weighted by atomic mass is 32.2. The summed E-state index contributed by atoms with van der Waals surface area (Å²) in [7, 11) is 0. The Labute approximate surface area is 118 Å². The third-order valence-electron chi connectivity index (χ3n) is 3.30. The molecule has 3 heteroatoms. The van der Waals surface area contributed by atoms with E-state index >= 15 is 0 Å². The summed E-state index contributed by atoms with van der Waals surface area (Å²) in [5, 5.41) is 0.151. The smallest absolute Gasteiger partial charge is 0.190 e. The molecule has 1 aliphatic rings. The maximum Gasteiger partial charge on any atom is 0.190 e. The van der Waals surface area contributed by atoms with Crippen molar-refractivity contribution >= 4 is 28.6 Å². The van der Waals surface area contributed by atoms with E-state index in [2.05, 4.69) is 24.3 Å². The highest BCUT2D eigenvalue weighted by Crippen LogP contribution is 2.30. The molecule has 0 radical (unpaired) electrons. The number of hydrogen-bond acceptors (Lipinski definition) is 3. The summed E-state index contributed by atoms with van der Waals surface area (Å²) in [6.45, 7) is 1.61. The molecule has 0 N–H and O–H groups in total. The average molecular weight is 280 g/mol. The van der Waals surface area contributed by atoms with Crippen molar-refractivity contribution < 1.29 is 4.79 Å². The van der Waals surface area contributed by atoms with E-state index in [4.69, 9.17) is 0 Å². The van der Waals surface area contributed by atoms with Crippen molar-refractivity contribution in [2.75, 3.05) is 5.75 Å². The predicted octanol–water partition coefficient (Wildman–Crippen LogP) is 5.00. The fourth-order valence-corrected chi connectivity index (χ4v) is 4.03. The molecule has 0 unspecified atom stereocenters. The summed E-state index contributed by atoms with van der Waals surface area (Å²) in [4.78, 5) is 13.4. The number of benzene rings is 1. The van der Waals surface area contributed by atoms with Gasteiger partial charge < -0.3 is 0 Å². The van der Waals surface area contributed by atoms with Crippen LogP contribution in [0.5, 0.6) is 0 Å². The van der Waals surface area contributed by atoms with Crippen molar-refractivity contribution in [3.8, 4) is 0 Å². The van der Waals surface area contributed by atoms with Crippen LogP contribution in [0.15, 0.2) is 34.1 Å². The van der Waals surface area contributed by atoms with Gasteiger partial charge >= 0.3 is 0 Å². The third kappa shape index (κ3) is 4.69. The van der Waals surface area contributed by atoms with E-state index in [1.54, 1.807) is 6.92 Å². The van der Waals surface area contributed by atoms with Gasteiger partial charge in [-0.2, -0.15) is 0 Å². The van der Waals surface area contributed by atoms with Crippen LogP contribution in [0.1, 0.15) is 39.0 Å². The van der Waals surface area contributed by atoms with Crippen molar-refractivity contribution in [2.45, 2.75) is 48.8 Å². The Kier molecular flexibility index (Phi) is 5.64. The van der Waals surface area contributed by atoms with E-state index in [1.807, 2.05) is 11.8 Å². The third-order valence-corrected chi connectivity index (χ3v) is 5.33. The molecule has 1 aromatic rings. The Morgan fingerprint density at radius 2 is 1.72 bits per heavy atom. The lowest BCUT2D eigenvalue weighted by atomic mass is 9.91. The summed E-state index contributed by atoms with van der Waals surface area (Å²) < 4.78 is 0. The lowest BCUT2D eigenvalue weighted by molar-refractivity contribution is -0.109. The van der Waals surface area contributed by atoms with Crippen molar-refractivity contribution in [1.82, 2.24) is 0 Å². The summed E-state index contributed by atoms with van der Waals surface area (Å²) in [5.41, 5.74) is 0. The van der Waals surface area contributed by atoms with E-state index in [0.717, 1.165) is 10.8 Å². The monoisotopic (exact) mass is 280 g/mol. The average Bonchev–Trinajstić information content (AvgIpc) is 2.38. The Morgan fingerprint density at radius 3 is 2.33 bits per heavy atom. The molecule has 1 saturated carbocycles. The van der Waals surface area contributed by atoms with Crippen LogP contribution in [0.25, 0.3) is 0 Å². The van der Waals surface area contributed by atoms with Gasteiger partial charge in [0.2, 0.25) is 0 Å². The highest BCUT2D eigenvalue weighted by molar-refractivity contribution is 8.13. The summed E-state index contributed by atoms with van der Waals surface area (Å²) >= 11 is 3.27. The topological polar surface area (TPSA) is 17.1 Å². The second-order valence-electron chi connectivity index (χ2n) is 4.88. The first-order chi connectivity index (χ1) is 8.74. The molecule has 1 nitrogen and oxygen atoms in total. The fourth-order valence-electron chi connectivity index (χ4n) is 2.34. The molecule has 0 heterocycles. The maximum atomic E-state index is 11.0. The molecule has 0 amide bonds. The Hall–Kier alpha value is -0.410. The first-order valence-corrected chi connectivity index (χ1v) is 8.45. The lowest BCUT2D eigenvalue weighted by Gasteiger charge is -2.20. The van der Waals surface area contributed by atoms with Gasteiger partial charge in [-0.05, 0) is 43.0 Å². The van der Waals surface area contributed by atoms with Crippen molar-refractivity contribution in [3.05, 3.63) is 24.3 Å². The summed E-state index contributed by atoms with van der Waals surface area (Å²) in [6, 6.07) is 8.38. The summed E-state index contributed by atoms with van der Waals surface area (Å²) in [6.07, 6.45) is 7.08. The number of carbonyl (C=O) groups is 1. The zero-order valence-electron chi connectivity index (χ0n) is 10.9. The van der Waals surface area contributed by atoms with Crippen LogP contribution < -0.4 is 0 Å². The van der Waals surface area contributed by atoms with Gasteiger partial charge in [0.1, 0.15) is 0 Å². The first-order valence-electron chi connectivity index (χ1n) is 6.65. The lowest BCUT2D eigenvalue weighted by Crippen LogP contribution is -2.08. The molecule has 1 fully saturated rings. The molecule has 1 aromatic carbocycles. The molecular formula is C15H20OS2. The number of carbonyl (C=O) groups excluding carboxylic acids is 1. The predicted molar refractivity (Wildman–Crippen MR) is 80.3 cm³/mol. The standard InChI is InChI=1S/C15H20OS2/c1-12(16)18-15-9-7-14(8-10-15)17-11-13-5-3-2-4-6-13/h7-10,13H,2-6,11H2,1H3. The maximum absolute atomic E-state index is 11.0. The minimum atomic E-state index is 0.151. The molecule has 2 rings (SSSR count). The van der Waals surface area contributed by atoms with Crippen LogP contribution in [-0.2, 0) is 4.79 Å². The molecule has 0 aliphatic heterocycles. The SMILES string of the molecule is CC(=O)Sc1ccc(SCC2CCCCC2)cc1. The van der Waals surface area contributed by atoms with Crippen molar-refractivity contribution in [3.63, 3.8) is 0 Å². The second kappa shape index (κ2) is 7.25. The van der Waals surface area contributed by atoms with Gasteiger partial charge in [-0.25, -0.2) is 0 Å². The van der Waals surface area contributed by atoms with Crippen molar-refractivity contribution in [1.29, 1.82) is 0 Å². The Bertz CT molecular complexity index is 380. The number of hydrogen-bond donors (Lipinski definition) is 0. The molecule has 0 bridgehead atoms. The first kappa shape index (κ1) is 14.0. The number of thioether (sulfide) groups is 2. The van der Waals surface area contributed by atoms with Crippen LogP contribution >= 0.6 is 23.5 Å². The van der Waals surface area contributed by atoms with Crippen molar-refractivity contribution in [2.24, 2.45) is 5.92 Å². The van der Waals surface area contributed by atoms with E-state index in [9.17, 15) is 4.79 Å². The molecule has 0 atom stereocenters. The minimum Gasteiger partial charge on any atom is -0.287 e. The van der Waals surface area contributed by atoms with Gasteiger partial charge in [-0.1, -0.05) is 31.0 Å². The molecule has 1 aliphatic carbocycles. The van der Waals surface area contributed by atoms with Gasteiger partial charge in [0.25, 0.3) is 0 Å². The molecular weight excluding hydrogens is 260 g/mol. The van der Waals surface area contributed by atoms with Crippen LogP contribution in [0.4, 0.5) is 0 Å². The van der Waals surface area contributed by atoms with E-state index in [0.29, 0.717) is 0 Å². The van der Waals surface area contributed by atoms with E-state index < -0.39 is 0 Å². The van der Waals surface area contributed by atoms with Gasteiger partial charge in [0.15, 0.2) is 5.12 Å². The zero-order valence-corrected chi connectivity index (χ0v) is 12.5. The van der Waals surface area contributed by atoms with Crippen LogP contribution in [0, 0.1) is 5.92 Å². The minimum absolute atomic E-state index is 0.151. The Morgan fingerprint density at radius 1 is 1.11 bits per heavy atom. The molecule has 18 heavy (non-hydrogen) atoms. The molecule has 0 aromatic heterocycles. The van der Waals surface area contributed by atoms with Gasteiger partial charge in [0.05, 0.1) is 0 Å². The van der Waals surface area contributed by atoms with E-state index in [-0.39, 0.29) is 5.12 Å². The van der Waals surface area contributed by atoms with Crippen LogP contribution in [0.3, 0.4) is 0 Å². The van der Waals surface area contributed by atoms with Gasteiger partial charge in [-0.3, -0.25) is 4.79 Å². The van der Waals surface area contributed by atoms with Crippen LogP contribution in [-0.4, -0.2) is 10.9 Å². The highest BCUT2D eigenvalue weighted by Gasteiger charge is 2.13. The second-order valence-corrected chi connectivity index (χ2v) is 7.22. The van der Waals surface area contributed by atoms with E-state index in [1.165, 1.54) is 54.5 Å². The molecule has 0 spiro atoms. The molecule has 0 saturated heterocycles. The fraction of sp³-hybridized carbons (Fsp3) is 0.533. The molecule has 98 valence electrons. The zero-order chi connectivity index (χ0) is 12.8. The normalized spacial score (nSPS) is 16.7. The number of rotatable bonds is 4. The Balaban J connectivity index is 1.80. The van der Waals surface area contributed by atoms with Crippen LogP contribution in [0.2, 0.25) is 0 Å². The van der Waals surface area contributed by atoms with Gasteiger partial charge in [-0.15, -0.1) is 11.8 Å². The van der Waals surface area contributed by atoms with Gasteiger partial charge in [0, 0.05) is 22.5 Å².